The van der Waals surface area contributed by atoms with Gasteiger partial charge in [-0.3, -0.25) is 9.13 Å². The summed E-state index contributed by atoms with van der Waals surface area (Å²) >= 11 is 0. The van der Waals surface area contributed by atoms with Gasteiger partial charge in [-0.15, -0.1) is 0 Å². The standard InChI is InChI=1S/C20H18F2N4O4/c1-3-25-13-6-4-5-7-14(13)26(20(25)27)11-17-23-18(24-30-17)12-8-9-15(29-19(21)22)16(10-12)28-2/h4-10,19H,3,11H2,1-2H3. The molecule has 30 heavy (non-hydrogen) atoms. The van der Waals surface area contributed by atoms with Crippen molar-refractivity contribution in [1.29, 1.82) is 0 Å². The summed E-state index contributed by atoms with van der Waals surface area (Å²) in [5, 5.41) is 3.93. The number of fused-ring (bicyclic) bond motifs is 1. The Balaban J connectivity index is 1.65. The van der Waals surface area contributed by atoms with Gasteiger partial charge in [0.15, 0.2) is 11.5 Å². The fourth-order valence-electron chi connectivity index (χ4n) is 3.30. The summed E-state index contributed by atoms with van der Waals surface area (Å²) in [6.07, 6.45) is 0. The first-order valence-corrected chi connectivity index (χ1v) is 9.15. The van der Waals surface area contributed by atoms with Crippen LogP contribution in [0.2, 0.25) is 0 Å². The van der Waals surface area contributed by atoms with E-state index in [0.29, 0.717) is 12.1 Å². The maximum Gasteiger partial charge on any atom is 0.387 e. The summed E-state index contributed by atoms with van der Waals surface area (Å²) in [7, 11) is 1.34. The largest absolute Gasteiger partial charge is 0.493 e. The highest BCUT2D eigenvalue weighted by Crippen LogP contribution is 2.32. The predicted octanol–water partition coefficient (Wildman–Crippen LogP) is 3.53. The predicted molar refractivity (Wildman–Crippen MR) is 104 cm³/mol. The molecule has 0 bridgehead atoms. The zero-order valence-electron chi connectivity index (χ0n) is 16.2. The van der Waals surface area contributed by atoms with Crippen LogP contribution in [0.1, 0.15) is 12.8 Å². The normalized spacial score (nSPS) is 11.4. The van der Waals surface area contributed by atoms with Gasteiger partial charge in [-0.1, -0.05) is 17.3 Å². The summed E-state index contributed by atoms with van der Waals surface area (Å²) in [5.41, 5.74) is 1.91. The van der Waals surface area contributed by atoms with Crippen molar-refractivity contribution >= 4 is 11.0 Å². The Kier molecular flexibility index (Phi) is 5.21. The van der Waals surface area contributed by atoms with E-state index in [1.165, 1.54) is 25.3 Å². The summed E-state index contributed by atoms with van der Waals surface area (Å²) in [6, 6.07) is 11.8. The molecule has 0 spiro atoms. The molecule has 0 saturated carbocycles. The number of ether oxygens (including phenoxy) is 2. The SMILES string of the molecule is CCn1c(=O)n(Cc2nc(-c3ccc(OC(F)F)c(OC)c3)no2)c2ccccc21. The zero-order valence-corrected chi connectivity index (χ0v) is 16.2. The van der Waals surface area contributed by atoms with E-state index in [1.54, 1.807) is 9.13 Å². The monoisotopic (exact) mass is 416 g/mol. The molecular weight excluding hydrogens is 398 g/mol. The lowest BCUT2D eigenvalue weighted by molar-refractivity contribution is -0.0512. The molecule has 0 atom stereocenters. The van der Waals surface area contributed by atoms with Crippen LogP contribution in [0.25, 0.3) is 22.4 Å². The number of rotatable bonds is 7. The fraction of sp³-hybridized carbons (Fsp3) is 0.250. The van der Waals surface area contributed by atoms with Crippen molar-refractivity contribution in [2.24, 2.45) is 0 Å². The number of alkyl halides is 2. The minimum absolute atomic E-state index is 0.0982. The minimum Gasteiger partial charge on any atom is -0.493 e. The van der Waals surface area contributed by atoms with E-state index < -0.39 is 6.61 Å². The first-order valence-electron chi connectivity index (χ1n) is 9.15. The van der Waals surface area contributed by atoms with Gasteiger partial charge < -0.3 is 14.0 Å². The molecule has 0 fully saturated rings. The number of hydrogen-bond acceptors (Lipinski definition) is 6. The number of nitrogens with zero attached hydrogens (tertiary/aromatic N) is 4. The van der Waals surface area contributed by atoms with E-state index in [1.807, 2.05) is 31.2 Å². The second-order valence-electron chi connectivity index (χ2n) is 6.36. The summed E-state index contributed by atoms with van der Waals surface area (Å²) in [4.78, 5) is 17.1. The molecule has 10 heteroatoms. The lowest BCUT2D eigenvalue weighted by atomic mass is 10.2. The highest BCUT2D eigenvalue weighted by Gasteiger charge is 2.17. The molecule has 8 nitrogen and oxygen atoms in total. The number of imidazole rings is 1. The Labute approximate surface area is 169 Å². The highest BCUT2D eigenvalue weighted by molar-refractivity contribution is 5.76. The minimum atomic E-state index is -2.97. The van der Waals surface area contributed by atoms with Crippen molar-refractivity contribution in [3.05, 3.63) is 58.8 Å². The number of halogens is 2. The third-order valence-corrected chi connectivity index (χ3v) is 4.64. The van der Waals surface area contributed by atoms with Crippen LogP contribution < -0.4 is 15.2 Å². The van der Waals surface area contributed by atoms with Crippen molar-refractivity contribution in [3.63, 3.8) is 0 Å². The molecule has 4 aromatic rings. The van der Waals surface area contributed by atoms with E-state index in [9.17, 15) is 13.6 Å². The van der Waals surface area contributed by atoms with Crippen molar-refractivity contribution in [2.75, 3.05) is 7.11 Å². The highest BCUT2D eigenvalue weighted by atomic mass is 19.3. The number of aryl methyl sites for hydroxylation is 1. The number of methoxy groups -OCH3 is 1. The lowest BCUT2D eigenvalue weighted by Crippen LogP contribution is -2.24. The van der Waals surface area contributed by atoms with E-state index in [4.69, 9.17) is 9.26 Å². The smallest absolute Gasteiger partial charge is 0.387 e. The lowest BCUT2D eigenvalue weighted by Gasteiger charge is -2.10. The number of para-hydroxylation sites is 2. The maximum absolute atomic E-state index is 12.8. The molecule has 0 unspecified atom stereocenters. The van der Waals surface area contributed by atoms with Crippen LogP contribution in [-0.2, 0) is 13.1 Å². The Hall–Kier alpha value is -3.69. The first kappa shape index (κ1) is 19.6. The van der Waals surface area contributed by atoms with Gasteiger partial charge in [0, 0.05) is 12.1 Å². The van der Waals surface area contributed by atoms with Crippen molar-refractivity contribution in [2.45, 2.75) is 26.6 Å². The Bertz CT molecular complexity index is 1250. The molecule has 0 N–H and O–H groups in total. The third-order valence-electron chi connectivity index (χ3n) is 4.64. The maximum atomic E-state index is 12.8. The van der Waals surface area contributed by atoms with Gasteiger partial charge in [-0.25, -0.2) is 4.79 Å². The molecule has 2 heterocycles. The van der Waals surface area contributed by atoms with Crippen LogP contribution in [0.3, 0.4) is 0 Å². The number of aromatic nitrogens is 4. The van der Waals surface area contributed by atoms with Crippen molar-refractivity contribution in [1.82, 2.24) is 19.3 Å². The first-order chi connectivity index (χ1) is 14.5. The average molecular weight is 416 g/mol. The topological polar surface area (TPSA) is 84.3 Å². The van der Waals surface area contributed by atoms with E-state index in [0.717, 1.165) is 11.0 Å². The molecular formula is C20H18F2N4O4. The molecule has 2 aromatic carbocycles. The molecule has 2 aromatic heterocycles. The van der Waals surface area contributed by atoms with Crippen LogP contribution in [0.4, 0.5) is 8.78 Å². The average Bonchev–Trinajstić information content (AvgIpc) is 3.31. The number of hydrogen-bond donors (Lipinski definition) is 0. The second-order valence-corrected chi connectivity index (χ2v) is 6.36. The van der Waals surface area contributed by atoms with Crippen LogP contribution in [0, 0.1) is 0 Å². The van der Waals surface area contributed by atoms with Gasteiger partial charge >= 0.3 is 12.3 Å². The number of benzene rings is 2. The Morgan fingerprint density at radius 3 is 2.50 bits per heavy atom. The van der Waals surface area contributed by atoms with Gasteiger partial charge in [0.1, 0.15) is 6.54 Å². The zero-order chi connectivity index (χ0) is 21.3. The summed E-state index contributed by atoms with van der Waals surface area (Å²) < 4.78 is 43.0. The molecule has 0 aliphatic rings. The quantitative estimate of drug-likeness (QED) is 0.458. The van der Waals surface area contributed by atoms with E-state index in [-0.39, 0.29) is 35.4 Å². The van der Waals surface area contributed by atoms with Crippen molar-refractivity contribution < 1.29 is 22.8 Å². The van der Waals surface area contributed by atoms with Gasteiger partial charge in [0.2, 0.25) is 11.7 Å². The molecule has 0 aliphatic carbocycles. The summed E-state index contributed by atoms with van der Waals surface area (Å²) in [6.45, 7) is -0.431. The van der Waals surface area contributed by atoms with Crippen LogP contribution >= 0.6 is 0 Å². The Morgan fingerprint density at radius 1 is 1.10 bits per heavy atom. The molecule has 156 valence electrons. The van der Waals surface area contributed by atoms with E-state index >= 15 is 0 Å². The van der Waals surface area contributed by atoms with Crippen LogP contribution in [-0.4, -0.2) is 33.0 Å². The molecule has 0 saturated heterocycles. The second kappa shape index (κ2) is 7.97. The Morgan fingerprint density at radius 2 is 1.83 bits per heavy atom. The summed E-state index contributed by atoms with van der Waals surface area (Å²) in [5.74, 6) is 0.484. The molecule has 0 amide bonds. The van der Waals surface area contributed by atoms with Gasteiger partial charge in [0.05, 0.1) is 18.1 Å². The molecule has 4 rings (SSSR count). The van der Waals surface area contributed by atoms with Gasteiger partial charge in [-0.05, 0) is 37.3 Å². The van der Waals surface area contributed by atoms with Gasteiger partial charge in [-0.2, -0.15) is 13.8 Å². The van der Waals surface area contributed by atoms with Gasteiger partial charge in [0.25, 0.3) is 0 Å². The molecule has 0 radical (unpaired) electrons. The van der Waals surface area contributed by atoms with Crippen molar-refractivity contribution in [3.8, 4) is 22.9 Å². The molecule has 0 aliphatic heterocycles. The van der Waals surface area contributed by atoms with Crippen LogP contribution in [0.15, 0.2) is 51.8 Å². The third kappa shape index (κ3) is 3.51. The van der Waals surface area contributed by atoms with Crippen LogP contribution in [0.5, 0.6) is 11.5 Å². The van der Waals surface area contributed by atoms with E-state index in [2.05, 4.69) is 14.9 Å². The fourth-order valence-corrected chi connectivity index (χ4v) is 3.30.